The van der Waals surface area contributed by atoms with Crippen molar-refractivity contribution in [2.75, 3.05) is 20.8 Å². The lowest BCUT2D eigenvalue weighted by molar-refractivity contribution is -0.137. The molecule has 0 saturated carbocycles. The van der Waals surface area contributed by atoms with E-state index in [2.05, 4.69) is 5.32 Å². The molecular weight excluding hydrogens is 374 g/mol. The molecule has 2 N–H and O–H groups in total. The van der Waals surface area contributed by atoms with E-state index in [1.165, 1.54) is 14.2 Å². The molecule has 0 aliphatic heterocycles. The van der Waals surface area contributed by atoms with Crippen molar-refractivity contribution in [1.82, 2.24) is 5.32 Å². The SMILES string of the molecule is COc1ccc([C@@H](CC(=O)O)NC(=O)CCCOCc2ccccc2)cc1OC. The fourth-order valence-corrected chi connectivity index (χ4v) is 2.86. The van der Waals surface area contributed by atoms with Crippen LogP contribution in [-0.4, -0.2) is 37.8 Å². The molecule has 0 aliphatic rings. The van der Waals surface area contributed by atoms with Crippen LogP contribution in [0.5, 0.6) is 11.5 Å². The van der Waals surface area contributed by atoms with E-state index < -0.39 is 12.0 Å². The van der Waals surface area contributed by atoms with Gasteiger partial charge in [-0.25, -0.2) is 0 Å². The maximum absolute atomic E-state index is 12.3. The Kier molecular flexibility index (Phi) is 8.98. The maximum atomic E-state index is 12.3. The summed E-state index contributed by atoms with van der Waals surface area (Å²) in [5, 5.41) is 12.0. The molecule has 29 heavy (non-hydrogen) atoms. The lowest BCUT2D eigenvalue weighted by Gasteiger charge is -2.19. The molecule has 0 spiro atoms. The molecule has 0 bridgehead atoms. The first-order valence-corrected chi connectivity index (χ1v) is 9.38. The zero-order valence-corrected chi connectivity index (χ0v) is 16.7. The van der Waals surface area contributed by atoms with Crippen molar-refractivity contribution in [3.63, 3.8) is 0 Å². The number of methoxy groups -OCH3 is 2. The first kappa shape index (κ1) is 22.2. The molecule has 0 heterocycles. The topological polar surface area (TPSA) is 94.1 Å². The van der Waals surface area contributed by atoms with Gasteiger partial charge in [0.25, 0.3) is 0 Å². The number of carbonyl (C=O) groups excluding carboxylic acids is 1. The number of rotatable bonds is 12. The summed E-state index contributed by atoms with van der Waals surface area (Å²) in [5.74, 6) is -0.221. The van der Waals surface area contributed by atoms with Gasteiger partial charge in [0.1, 0.15) is 0 Å². The molecule has 0 radical (unpaired) electrons. The Balaban J connectivity index is 1.87. The van der Waals surface area contributed by atoms with Crippen LogP contribution >= 0.6 is 0 Å². The summed E-state index contributed by atoms with van der Waals surface area (Å²) in [5.41, 5.74) is 1.71. The number of amides is 1. The van der Waals surface area contributed by atoms with Crippen LogP contribution in [0.3, 0.4) is 0 Å². The number of aliphatic carboxylic acids is 1. The Morgan fingerprint density at radius 3 is 2.41 bits per heavy atom. The smallest absolute Gasteiger partial charge is 0.305 e. The Bertz CT molecular complexity index is 793. The third-order valence-electron chi connectivity index (χ3n) is 4.33. The Morgan fingerprint density at radius 1 is 1.03 bits per heavy atom. The highest BCUT2D eigenvalue weighted by molar-refractivity contribution is 5.77. The van der Waals surface area contributed by atoms with Crippen LogP contribution in [-0.2, 0) is 20.9 Å². The standard InChI is InChI=1S/C22H27NO6/c1-27-19-11-10-17(13-20(19)28-2)18(14-22(25)26)23-21(24)9-6-12-29-15-16-7-4-3-5-8-16/h3-5,7-8,10-11,13,18H,6,9,12,14-15H2,1-2H3,(H,23,24)(H,25,26)/t18-/m1/s1. The number of hydrogen-bond donors (Lipinski definition) is 2. The monoisotopic (exact) mass is 401 g/mol. The maximum Gasteiger partial charge on any atom is 0.305 e. The van der Waals surface area contributed by atoms with Crippen molar-refractivity contribution in [3.8, 4) is 11.5 Å². The molecular formula is C22H27NO6. The zero-order chi connectivity index (χ0) is 21.1. The number of ether oxygens (including phenoxy) is 3. The average molecular weight is 401 g/mol. The second-order valence-electron chi connectivity index (χ2n) is 6.47. The summed E-state index contributed by atoms with van der Waals surface area (Å²) in [6.45, 7) is 0.942. The minimum atomic E-state index is -1.00. The molecule has 7 nitrogen and oxygen atoms in total. The lowest BCUT2D eigenvalue weighted by atomic mass is 10.0. The minimum Gasteiger partial charge on any atom is -0.493 e. The molecule has 1 atom stereocenters. The van der Waals surface area contributed by atoms with Gasteiger partial charge in [-0.2, -0.15) is 0 Å². The molecule has 2 aromatic carbocycles. The van der Waals surface area contributed by atoms with Crippen LogP contribution < -0.4 is 14.8 Å². The van der Waals surface area contributed by atoms with Crippen molar-refractivity contribution < 1.29 is 28.9 Å². The third-order valence-corrected chi connectivity index (χ3v) is 4.33. The summed E-state index contributed by atoms with van der Waals surface area (Å²) < 4.78 is 16.0. The molecule has 0 aromatic heterocycles. The predicted molar refractivity (Wildman–Crippen MR) is 108 cm³/mol. The Hall–Kier alpha value is -3.06. The number of carboxylic acids is 1. The molecule has 0 unspecified atom stereocenters. The van der Waals surface area contributed by atoms with Crippen molar-refractivity contribution in [1.29, 1.82) is 0 Å². The van der Waals surface area contributed by atoms with Crippen molar-refractivity contribution in [2.45, 2.75) is 31.9 Å². The van der Waals surface area contributed by atoms with Crippen molar-refractivity contribution in [2.24, 2.45) is 0 Å². The zero-order valence-electron chi connectivity index (χ0n) is 16.7. The average Bonchev–Trinajstić information content (AvgIpc) is 2.73. The number of carbonyl (C=O) groups is 2. The van der Waals surface area contributed by atoms with Gasteiger partial charge in [0, 0.05) is 13.0 Å². The summed E-state index contributed by atoms with van der Waals surface area (Å²) in [6.07, 6.45) is 0.564. The molecule has 0 fully saturated rings. The second-order valence-corrected chi connectivity index (χ2v) is 6.47. The summed E-state index contributed by atoms with van der Waals surface area (Å²) in [4.78, 5) is 23.6. The first-order valence-electron chi connectivity index (χ1n) is 9.38. The van der Waals surface area contributed by atoms with Gasteiger partial charge in [0.15, 0.2) is 11.5 Å². The van der Waals surface area contributed by atoms with Crippen LogP contribution in [0.1, 0.15) is 36.4 Å². The molecule has 2 rings (SSSR count). The van der Waals surface area contributed by atoms with Gasteiger partial charge < -0.3 is 24.6 Å². The first-order chi connectivity index (χ1) is 14.0. The van der Waals surface area contributed by atoms with E-state index in [-0.39, 0.29) is 18.7 Å². The van der Waals surface area contributed by atoms with E-state index in [4.69, 9.17) is 14.2 Å². The molecule has 1 amide bonds. The van der Waals surface area contributed by atoms with Crippen LogP contribution in [0.4, 0.5) is 0 Å². The van der Waals surface area contributed by atoms with Crippen LogP contribution in [0, 0.1) is 0 Å². The van der Waals surface area contributed by atoms with Gasteiger partial charge in [-0.15, -0.1) is 0 Å². The molecule has 156 valence electrons. The van der Waals surface area contributed by atoms with E-state index in [0.717, 1.165) is 5.56 Å². The number of nitrogens with one attached hydrogen (secondary N) is 1. The molecule has 2 aromatic rings. The quantitative estimate of drug-likeness (QED) is 0.530. The summed E-state index contributed by atoms with van der Waals surface area (Å²) in [6, 6.07) is 14.2. The van der Waals surface area contributed by atoms with Crippen LogP contribution in [0.15, 0.2) is 48.5 Å². The fourth-order valence-electron chi connectivity index (χ4n) is 2.86. The van der Waals surface area contributed by atoms with Crippen LogP contribution in [0.2, 0.25) is 0 Å². The third kappa shape index (κ3) is 7.46. The number of hydrogen-bond acceptors (Lipinski definition) is 5. The second kappa shape index (κ2) is 11.7. The molecule has 0 aliphatic carbocycles. The van der Waals surface area contributed by atoms with Gasteiger partial charge in [0.2, 0.25) is 5.91 Å². The molecule has 7 heteroatoms. The lowest BCUT2D eigenvalue weighted by Crippen LogP contribution is -2.30. The number of benzene rings is 2. The van der Waals surface area contributed by atoms with Crippen LogP contribution in [0.25, 0.3) is 0 Å². The normalized spacial score (nSPS) is 11.5. The predicted octanol–water partition coefficient (Wildman–Crippen LogP) is 3.33. The highest BCUT2D eigenvalue weighted by atomic mass is 16.5. The van der Waals surface area contributed by atoms with Gasteiger partial charge in [-0.1, -0.05) is 36.4 Å². The van der Waals surface area contributed by atoms with Gasteiger partial charge >= 0.3 is 5.97 Å². The van der Waals surface area contributed by atoms with Gasteiger partial charge in [-0.3, -0.25) is 9.59 Å². The van der Waals surface area contributed by atoms with E-state index >= 15 is 0 Å². The van der Waals surface area contributed by atoms with Gasteiger partial charge in [0.05, 0.1) is 33.3 Å². The fraction of sp³-hybridized carbons (Fsp3) is 0.364. The Morgan fingerprint density at radius 2 is 1.76 bits per heavy atom. The van der Waals surface area contributed by atoms with Crippen molar-refractivity contribution in [3.05, 3.63) is 59.7 Å². The van der Waals surface area contributed by atoms with E-state index in [1.807, 2.05) is 30.3 Å². The molecule has 0 saturated heterocycles. The number of carboxylic acid groups (broad SMARTS) is 1. The highest BCUT2D eigenvalue weighted by Crippen LogP contribution is 2.31. The summed E-state index contributed by atoms with van der Waals surface area (Å²) in [7, 11) is 3.02. The largest absolute Gasteiger partial charge is 0.493 e. The van der Waals surface area contributed by atoms with E-state index in [9.17, 15) is 14.7 Å². The Labute approximate surface area is 170 Å². The van der Waals surface area contributed by atoms with Gasteiger partial charge in [-0.05, 0) is 29.7 Å². The minimum absolute atomic E-state index is 0.227. The van der Waals surface area contributed by atoms with E-state index in [1.54, 1.807) is 18.2 Å². The summed E-state index contributed by atoms with van der Waals surface area (Å²) >= 11 is 0. The van der Waals surface area contributed by atoms with E-state index in [0.29, 0.717) is 36.7 Å². The highest BCUT2D eigenvalue weighted by Gasteiger charge is 2.19. The van der Waals surface area contributed by atoms with Crippen molar-refractivity contribution >= 4 is 11.9 Å².